The van der Waals surface area contributed by atoms with Crippen LogP contribution in [0.2, 0.25) is 0 Å². The molecule has 1 aliphatic rings. The number of hydrazine groups is 1. The molecule has 0 saturated carbocycles. The Labute approximate surface area is 73.0 Å². The zero-order valence-electron chi connectivity index (χ0n) is 7.38. The summed E-state index contributed by atoms with van der Waals surface area (Å²) in [6, 6.07) is 6.48. The third kappa shape index (κ3) is 1.24. The second-order valence-corrected chi connectivity index (χ2v) is 3.43. The highest BCUT2D eigenvalue weighted by atomic mass is 15.4. The van der Waals surface area contributed by atoms with Gasteiger partial charge in [0.15, 0.2) is 0 Å². The summed E-state index contributed by atoms with van der Waals surface area (Å²) < 4.78 is 0. The molecular weight excluding hydrogens is 148 g/mol. The third-order valence-electron chi connectivity index (χ3n) is 2.54. The third-order valence-corrected chi connectivity index (χ3v) is 2.54. The second kappa shape index (κ2) is 2.88. The summed E-state index contributed by atoms with van der Waals surface area (Å²) in [4.78, 5) is 0. The van der Waals surface area contributed by atoms with Crippen molar-refractivity contribution in [2.75, 3.05) is 6.54 Å². The van der Waals surface area contributed by atoms with E-state index in [1.807, 2.05) is 5.01 Å². The SMILES string of the molecule is Cc1cccc2c1CN(N)CC2. The number of hydrogen-bond acceptors (Lipinski definition) is 2. The van der Waals surface area contributed by atoms with Crippen molar-refractivity contribution in [1.82, 2.24) is 5.01 Å². The van der Waals surface area contributed by atoms with Crippen LogP contribution in [0.4, 0.5) is 0 Å². The largest absolute Gasteiger partial charge is 0.268 e. The molecule has 12 heavy (non-hydrogen) atoms. The summed E-state index contributed by atoms with van der Waals surface area (Å²) in [5, 5.41) is 1.88. The predicted molar refractivity (Wildman–Crippen MR) is 49.5 cm³/mol. The standard InChI is InChI=1S/C10H14N2/c1-8-3-2-4-9-5-6-12(11)7-10(8)9/h2-4H,5-7,11H2,1H3. The Morgan fingerprint density at radius 1 is 1.42 bits per heavy atom. The van der Waals surface area contributed by atoms with E-state index in [0.717, 1.165) is 19.5 Å². The van der Waals surface area contributed by atoms with Crippen molar-refractivity contribution in [2.24, 2.45) is 5.84 Å². The van der Waals surface area contributed by atoms with Crippen molar-refractivity contribution in [1.29, 1.82) is 0 Å². The monoisotopic (exact) mass is 162 g/mol. The molecule has 1 heterocycles. The van der Waals surface area contributed by atoms with Crippen LogP contribution in [0.1, 0.15) is 16.7 Å². The predicted octanol–water partition coefficient (Wildman–Crippen LogP) is 1.23. The van der Waals surface area contributed by atoms with Crippen molar-refractivity contribution < 1.29 is 0 Å². The molecule has 64 valence electrons. The molecule has 0 saturated heterocycles. The van der Waals surface area contributed by atoms with E-state index in [2.05, 4.69) is 25.1 Å². The maximum Gasteiger partial charge on any atom is 0.0384 e. The van der Waals surface area contributed by atoms with Gasteiger partial charge in [-0.3, -0.25) is 5.84 Å². The van der Waals surface area contributed by atoms with Gasteiger partial charge in [0.2, 0.25) is 0 Å². The van der Waals surface area contributed by atoms with E-state index >= 15 is 0 Å². The minimum Gasteiger partial charge on any atom is -0.268 e. The van der Waals surface area contributed by atoms with Crippen molar-refractivity contribution in [3.05, 3.63) is 34.9 Å². The molecule has 1 aromatic carbocycles. The fraction of sp³-hybridized carbons (Fsp3) is 0.400. The van der Waals surface area contributed by atoms with Crippen molar-refractivity contribution in [2.45, 2.75) is 19.9 Å². The fourth-order valence-corrected chi connectivity index (χ4v) is 1.77. The van der Waals surface area contributed by atoms with Crippen molar-refractivity contribution in [3.63, 3.8) is 0 Å². The Bertz CT molecular complexity index is 294. The van der Waals surface area contributed by atoms with Crippen molar-refractivity contribution >= 4 is 0 Å². The second-order valence-electron chi connectivity index (χ2n) is 3.43. The van der Waals surface area contributed by atoms with Gasteiger partial charge in [-0.15, -0.1) is 0 Å². The lowest BCUT2D eigenvalue weighted by atomic mass is 9.96. The zero-order valence-corrected chi connectivity index (χ0v) is 7.38. The Morgan fingerprint density at radius 2 is 2.25 bits per heavy atom. The van der Waals surface area contributed by atoms with Gasteiger partial charge in [0.25, 0.3) is 0 Å². The van der Waals surface area contributed by atoms with E-state index in [9.17, 15) is 0 Å². The molecule has 0 spiro atoms. The average Bonchev–Trinajstić information content (AvgIpc) is 2.07. The summed E-state index contributed by atoms with van der Waals surface area (Å²) in [7, 11) is 0. The lowest BCUT2D eigenvalue weighted by Crippen LogP contribution is -2.36. The van der Waals surface area contributed by atoms with Crippen LogP contribution < -0.4 is 5.84 Å². The maximum atomic E-state index is 5.75. The fourth-order valence-electron chi connectivity index (χ4n) is 1.77. The number of nitrogens with zero attached hydrogens (tertiary/aromatic N) is 1. The first kappa shape index (κ1) is 7.77. The number of nitrogens with two attached hydrogens (primary N) is 1. The van der Waals surface area contributed by atoms with Crippen LogP contribution in [0.3, 0.4) is 0 Å². The summed E-state index contributed by atoms with van der Waals surface area (Å²) in [5.41, 5.74) is 4.26. The van der Waals surface area contributed by atoms with Gasteiger partial charge in [0, 0.05) is 13.1 Å². The molecule has 0 radical (unpaired) electrons. The van der Waals surface area contributed by atoms with Crippen LogP contribution in [0, 0.1) is 6.92 Å². The summed E-state index contributed by atoms with van der Waals surface area (Å²) in [6.07, 6.45) is 1.09. The lowest BCUT2D eigenvalue weighted by Gasteiger charge is -2.25. The van der Waals surface area contributed by atoms with Gasteiger partial charge in [-0.1, -0.05) is 18.2 Å². The number of hydrogen-bond donors (Lipinski definition) is 1. The van der Waals surface area contributed by atoms with Gasteiger partial charge in [0.1, 0.15) is 0 Å². The van der Waals surface area contributed by atoms with Gasteiger partial charge in [0.05, 0.1) is 0 Å². The molecule has 1 aliphatic heterocycles. The first-order valence-corrected chi connectivity index (χ1v) is 4.34. The molecule has 0 aromatic heterocycles. The first-order chi connectivity index (χ1) is 5.77. The molecule has 0 bridgehead atoms. The highest BCUT2D eigenvalue weighted by Gasteiger charge is 2.13. The van der Waals surface area contributed by atoms with E-state index < -0.39 is 0 Å². The number of rotatable bonds is 0. The number of benzene rings is 1. The molecule has 1 aromatic rings. The normalized spacial score (nSPS) is 17.5. The van der Waals surface area contributed by atoms with Crippen molar-refractivity contribution in [3.8, 4) is 0 Å². The number of fused-ring (bicyclic) bond motifs is 1. The van der Waals surface area contributed by atoms with E-state index in [1.54, 1.807) is 0 Å². The highest BCUT2D eigenvalue weighted by Crippen LogP contribution is 2.19. The van der Waals surface area contributed by atoms with E-state index in [-0.39, 0.29) is 0 Å². The highest BCUT2D eigenvalue weighted by molar-refractivity contribution is 5.35. The Kier molecular flexibility index (Phi) is 1.87. The topological polar surface area (TPSA) is 29.3 Å². The van der Waals surface area contributed by atoms with Crippen LogP contribution in [-0.2, 0) is 13.0 Å². The molecule has 2 N–H and O–H groups in total. The summed E-state index contributed by atoms with van der Waals surface area (Å²) in [6.45, 7) is 4.04. The van der Waals surface area contributed by atoms with Gasteiger partial charge in [-0.25, -0.2) is 5.01 Å². The molecule has 0 amide bonds. The van der Waals surface area contributed by atoms with Crippen LogP contribution in [0.5, 0.6) is 0 Å². The van der Waals surface area contributed by atoms with E-state index in [4.69, 9.17) is 5.84 Å². The molecule has 0 unspecified atom stereocenters. The smallest absolute Gasteiger partial charge is 0.0384 e. The summed E-state index contributed by atoms with van der Waals surface area (Å²) in [5.74, 6) is 5.75. The van der Waals surface area contributed by atoms with Gasteiger partial charge in [-0.2, -0.15) is 0 Å². The lowest BCUT2D eigenvalue weighted by molar-refractivity contribution is 0.262. The molecule has 2 heteroatoms. The summed E-state index contributed by atoms with van der Waals surface area (Å²) >= 11 is 0. The average molecular weight is 162 g/mol. The molecular formula is C10H14N2. The maximum absolute atomic E-state index is 5.75. The molecule has 0 atom stereocenters. The minimum absolute atomic E-state index is 0.905. The van der Waals surface area contributed by atoms with E-state index in [0.29, 0.717) is 0 Å². The van der Waals surface area contributed by atoms with Gasteiger partial charge < -0.3 is 0 Å². The van der Waals surface area contributed by atoms with Gasteiger partial charge >= 0.3 is 0 Å². The zero-order chi connectivity index (χ0) is 8.55. The number of aryl methyl sites for hydroxylation is 1. The van der Waals surface area contributed by atoms with Gasteiger partial charge in [-0.05, 0) is 30.0 Å². The quantitative estimate of drug-likeness (QED) is 0.581. The van der Waals surface area contributed by atoms with Crippen LogP contribution in [0.25, 0.3) is 0 Å². The Hall–Kier alpha value is -0.860. The molecule has 2 rings (SSSR count). The minimum atomic E-state index is 0.905. The molecule has 0 aliphatic carbocycles. The Balaban J connectivity index is 2.43. The van der Waals surface area contributed by atoms with E-state index in [1.165, 1.54) is 16.7 Å². The first-order valence-electron chi connectivity index (χ1n) is 4.34. The van der Waals surface area contributed by atoms with Crippen LogP contribution in [-0.4, -0.2) is 11.6 Å². The Morgan fingerprint density at radius 3 is 3.08 bits per heavy atom. The van der Waals surface area contributed by atoms with Crippen LogP contribution in [0.15, 0.2) is 18.2 Å². The molecule has 0 fully saturated rings. The molecule has 2 nitrogen and oxygen atoms in total. The van der Waals surface area contributed by atoms with Crippen LogP contribution >= 0.6 is 0 Å².